The summed E-state index contributed by atoms with van der Waals surface area (Å²) >= 11 is 0. The van der Waals surface area contributed by atoms with E-state index in [9.17, 15) is 0 Å². The summed E-state index contributed by atoms with van der Waals surface area (Å²) < 4.78 is 5.06. The molecule has 5 heteroatoms. The van der Waals surface area contributed by atoms with Crippen LogP contribution in [0.2, 0.25) is 0 Å². The molecule has 0 spiro atoms. The minimum Gasteiger partial charge on any atom is -0.385 e. The Kier molecular flexibility index (Phi) is 6.05. The summed E-state index contributed by atoms with van der Waals surface area (Å²) in [5.41, 5.74) is 1.02. The average Bonchev–Trinajstić information content (AvgIpc) is 2.72. The second kappa shape index (κ2) is 8.04. The van der Waals surface area contributed by atoms with Gasteiger partial charge in [0.05, 0.1) is 0 Å². The van der Waals surface area contributed by atoms with Gasteiger partial charge in [0.2, 0.25) is 5.95 Å². The van der Waals surface area contributed by atoms with Gasteiger partial charge in [-0.25, -0.2) is 4.98 Å². The van der Waals surface area contributed by atoms with E-state index in [-0.39, 0.29) is 0 Å². The molecule has 1 saturated heterocycles. The van der Waals surface area contributed by atoms with Gasteiger partial charge in [-0.1, -0.05) is 12.8 Å². The van der Waals surface area contributed by atoms with Crippen LogP contribution in [0.4, 0.5) is 11.8 Å². The molecule has 0 aromatic carbocycles. The number of anilines is 2. The van der Waals surface area contributed by atoms with E-state index in [4.69, 9.17) is 4.74 Å². The van der Waals surface area contributed by atoms with Crippen LogP contribution in [0, 0.1) is 6.92 Å². The topological polar surface area (TPSA) is 50.3 Å². The Labute approximate surface area is 121 Å². The molecule has 0 radical (unpaired) electrons. The number of hydrogen-bond acceptors (Lipinski definition) is 5. The normalized spacial score (nSPS) is 16.0. The molecule has 112 valence electrons. The van der Waals surface area contributed by atoms with Gasteiger partial charge in [-0.15, -0.1) is 0 Å². The van der Waals surface area contributed by atoms with Crippen LogP contribution in [-0.4, -0.2) is 43.3 Å². The smallest absolute Gasteiger partial charge is 0.227 e. The molecule has 0 saturated carbocycles. The van der Waals surface area contributed by atoms with Crippen molar-refractivity contribution in [3.05, 3.63) is 11.8 Å². The SMILES string of the molecule is COCCCNc1cc(C)nc(N2CCCCCC2)n1. The van der Waals surface area contributed by atoms with Crippen LogP contribution in [0.5, 0.6) is 0 Å². The number of nitrogens with zero attached hydrogens (tertiary/aromatic N) is 3. The first kappa shape index (κ1) is 15.0. The van der Waals surface area contributed by atoms with Crippen LogP contribution in [0.15, 0.2) is 6.07 Å². The maximum Gasteiger partial charge on any atom is 0.227 e. The highest BCUT2D eigenvalue weighted by Gasteiger charge is 2.13. The van der Waals surface area contributed by atoms with Crippen LogP contribution >= 0.6 is 0 Å². The first-order chi connectivity index (χ1) is 9.79. The summed E-state index contributed by atoms with van der Waals surface area (Å²) in [4.78, 5) is 11.6. The first-order valence-electron chi connectivity index (χ1n) is 7.63. The van der Waals surface area contributed by atoms with Crippen molar-refractivity contribution in [2.24, 2.45) is 0 Å². The van der Waals surface area contributed by atoms with Crippen molar-refractivity contribution in [1.29, 1.82) is 0 Å². The number of nitrogens with one attached hydrogen (secondary N) is 1. The van der Waals surface area contributed by atoms with Crippen molar-refractivity contribution in [2.75, 3.05) is 43.6 Å². The van der Waals surface area contributed by atoms with Gasteiger partial charge in [0.25, 0.3) is 0 Å². The lowest BCUT2D eigenvalue weighted by atomic mass is 10.2. The van der Waals surface area contributed by atoms with E-state index in [0.717, 1.165) is 50.1 Å². The van der Waals surface area contributed by atoms with Crippen molar-refractivity contribution in [3.63, 3.8) is 0 Å². The van der Waals surface area contributed by atoms with E-state index < -0.39 is 0 Å². The molecule has 20 heavy (non-hydrogen) atoms. The summed E-state index contributed by atoms with van der Waals surface area (Å²) in [7, 11) is 1.73. The van der Waals surface area contributed by atoms with Gasteiger partial charge in [0, 0.05) is 45.1 Å². The number of methoxy groups -OCH3 is 1. The van der Waals surface area contributed by atoms with Crippen molar-refractivity contribution >= 4 is 11.8 Å². The van der Waals surface area contributed by atoms with Crippen LogP contribution in [0.25, 0.3) is 0 Å². The summed E-state index contributed by atoms with van der Waals surface area (Å²) in [6, 6.07) is 2.01. The fourth-order valence-corrected chi connectivity index (χ4v) is 2.49. The zero-order valence-corrected chi connectivity index (χ0v) is 12.7. The number of hydrogen-bond donors (Lipinski definition) is 1. The van der Waals surface area contributed by atoms with Crippen molar-refractivity contribution in [2.45, 2.75) is 39.0 Å². The minimum absolute atomic E-state index is 0.774. The van der Waals surface area contributed by atoms with Gasteiger partial charge in [-0.2, -0.15) is 4.98 Å². The zero-order chi connectivity index (χ0) is 14.2. The summed E-state index contributed by atoms with van der Waals surface area (Å²) in [5.74, 6) is 1.80. The quantitative estimate of drug-likeness (QED) is 0.811. The molecule has 2 rings (SSSR count). The standard InChI is InChI=1S/C15H26N4O/c1-13-12-14(16-8-7-11-20-2)18-15(17-13)19-9-5-3-4-6-10-19/h12H,3-11H2,1-2H3,(H,16,17,18). The second-order valence-corrected chi connectivity index (χ2v) is 5.37. The van der Waals surface area contributed by atoms with E-state index in [1.165, 1.54) is 25.7 Å². The molecule has 1 aliphatic heterocycles. The number of aryl methyl sites for hydroxylation is 1. The van der Waals surface area contributed by atoms with E-state index >= 15 is 0 Å². The molecule has 1 aromatic rings. The summed E-state index contributed by atoms with van der Waals surface area (Å²) in [6.45, 7) is 5.84. The van der Waals surface area contributed by atoms with Gasteiger partial charge in [0.1, 0.15) is 5.82 Å². The molecular formula is C15H26N4O. The Balaban J connectivity index is 1.99. The molecule has 0 atom stereocenters. The number of rotatable bonds is 6. The van der Waals surface area contributed by atoms with Gasteiger partial charge < -0.3 is 15.0 Å². The fourth-order valence-electron chi connectivity index (χ4n) is 2.49. The predicted molar refractivity (Wildman–Crippen MR) is 82.4 cm³/mol. The minimum atomic E-state index is 0.774. The average molecular weight is 278 g/mol. The maximum atomic E-state index is 5.06. The van der Waals surface area contributed by atoms with Crippen molar-refractivity contribution < 1.29 is 4.74 Å². The first-order valence-corrected chi connectivity index (χ1v) is 7.63. The molecule has 0 unspecified atom stereocenters. The monoisotopic (exact) mass is 278 g/mol. The third-order valence-electron chi connectivity index (χ3n) is 3.56. The van der Waals surface area contributed by atoms with Crippen LogP contribution in [0.3, 0.4) is 0 Å². The van der Waals surface area contributed by atoms with Gasteiger partial charge in [0.15, 0.2) is 0 Å². The van der Waals surface area contributed by atoms with E-state index in [2.05, 4.69) is 20.2 Å². The molecule has 1 aromatic heterocycles. The Hall–Kier alpha value is -1.36. The Morgan fingerprint density at radius 2 is 1.95 bits per heavy atom. The van der Waals surface area contributed by atoms with Gasteiger partial charge in [-0.3, -0.25) is 0 Å². The molecule has 0 amide bonds. The van der Waals surface area contributed by atoms with Crippen molar-refractivity contribution in [3.8, 4) is 0 Å². The molecule has 5 nitrogen and oxygen atoms in total. The zero-order valence-electron chi connectivity index (χ0n) is 12.7. The summed E-state index contributed by atoms with van der Waals surface area (Å²) in [6.07, 6.45) is 6.12. The van der Waals surface area contributed by atoms with Crippen LogP contribution in [0.1, 0.15) is 37.8 Å². The van der Waals surface area contributed by atoms with Crippen molar-refractivity contribution in [1.82, 2.24) is 9.97 Å². The Morgan fingerprint density at radius 1 is 1.20 bits per heavy atom. The molecule has 2 heterocycles. The fraction of sp³-hybridized carbons (Fsp3) is 0.733. The molecule has 1 aliphatic rings. The molecule has 0 bridgehead atoms. The van der Waals surface area contributed by atoms with E-state index in [0.29, 0.717) is 0 Å². The Bertz CT molecular complexity index is 403. The highest BCUT2D eigenvalue weighted by Crippen LogP contribution is 2.18. The highest BCUT2D eigenvalue weighted by molar-refractivity contribution is 5.43. The molecule has 1 N–H and O–H groups in total. The summed E-state index contributed by atoms with van der Waals surface area (Å²) in [5, 5.41) is 3.36. The lowest BCUT2D eigenvalue weighted by molar-refractivity contribution is 0.198. The lowest BCUT2D eigenvalue weighted by Gasteiger charge is -2.21. The third kappa shape index (κ3) is 4.63. The van der Waals surface area contributed by atoms with Gasteiger partial charge in [-0.05, 0) is 26.2 Å². The highest BCUT2D eigenvalue weighted by atomic mass is 16.5. The van der Waals surface area contributed by atoms with E-state index in [1.54, 1.807) is 7.11 Å². The molecule has 1 fully saturated rings. The molecular weight excluding hydrogens is 252 g/mol. The predicted octanol–water partition coefficient (Wildman–Crippen LogP) is 2.61. The van der Waals surface area contributed by atoms with E-state index in [1.807, 2.05) is 13.0 Å². The second-order valence-electron chi connectivity index (χ2n) is 5.37. The maximum absolute atomic E-state index is 5.06. The lowest BCUT2D eigenvalue weighted by Crippen LogP contribution is -2.26. The third-order valence-corrected chi connectivity index (χ3v) is 3.56. The largest absolute Gasteiger partial charge is 0.385 e. The number of aromatic nitrogens is 2. The van der Waals surface area contributed by atoms with Crippen LogP contribution in [-0.2, 0) is 4.74 Å². The van der Waals surface area contributed by atoms with Gasteiger partial charge >= 0.3 is 0 Å². The van der Waals surface area contributed by atoms with Crippen LogP contribution < -0.4 is 10.2 Å². The number of ether oxygens (including phenoxy) is 1. The Morgan fingerprint density at radius 3 is 2.65 bits per heavy atom. The molecule has 0 aliphatic carbocycles.